The van der Waals surface area contributed by atoms with Crippen LogP contribution >= 0.6 is 11.3 Å². The van der Waals surface area contributed by atoms with Crippen molar-refractivity contribution < 1.29 is 4.79 Å². The Kier molecular flexibility index (Phi) is 4.95. The Morgan fingerprint density at radius 2 is 1.72 bits per heavy atom. The summed E-state index contributed by atoms with van der Waals surface area (Å²) in [6.45, 7) is 3.89. The topological polar surface area (TPSA) is 67.5 Å². The van der Waals surface area contributed by atoms with Crippen molar-refractivity contribution in [2.45, 2.75) is 13.8 Å². The number of nitrogens with zero attached hydrogens (tertiary/aromatic N) is 1. The van der Waals surface area contributed by atoms with Gasteiger partial charge in [-0.05, 0) is 48.6 Å². The van der Waals surface area contributed by atoms with Crippen LogP contribution in [0.25, 0.3) is 11.1 Å². The van der Waals surface area contributed by atoms with Gasteiger partial charge in [-0.1, -0.05) is 42.0 Å². The number of hydrogen-bond acceptors (Lipinski definition) is 4. The highest BCUT2D eigenvalue weighted by atomic mass is 32.1. The van der Waals surface area contributed by atoms with Crippen molar-refractivity contribution in [2.75, 3.05) is 5.73 Å². The van der Waals surface area contributed by atoms with Gasteiger partial charge in [-0.3, -0.25) is 4.79 Å². The number of aryl methyl sites for hydroxylation is 1. The van der Waals surface area contributed by atoms with E-state index in [4.69, 9.17) is 5.73 Å². The predicted octanol–water partition coefficient (Wildman–Crippen LogP) is 4.46. The summed E-state index contributed by atoms with van der Waals surface area (Å²) in [6, 6.07) is 17.5. The fourth-order valence-electron chi connectivity index (χ4n) is 2.42. The van der Waals surface area contributed by atoms with Gasteiger partial charge in [0.05, 0.1) is 5.71 Å². The van der Waals surface area contributed by atoms with Crippen molar-refractivity contribution in [1.82, 2.24) is 5.43 Å². The number of amides is 1. The van der Waals surface area contributed by atoms with E-state index in [1.807, 2.05) is 73.8 Å². The number of anilines is 1. The summed E-state index contributed by atoms with van der Waals surface area (Å²) >= 11 is 1.41. The van der Waals surface area contributed by atoms with Crippen LogP contribution in [0.15, 0.2) is 65.1 Å². The van der Waals surface area contributed by atoms with Crippen molar-refractivity contribution in [3.8, 4) is 11.1 Å². The monoisotopic (exact) mass is 349 g/mol. The molecule has 2 aromatic carbocycles. The lowest BCUT2D eigenvalue weighted by Crippen LogP contribution is -2.18. The third kappa shape index (κ3) is 3.95. The average Bonchev–Trinajstić information content (AvgIpc) is 3.10. The normalized spacial score (nSPS) is 11.4. The number of rotatable bonds is 4. The summed E-state index contributed by atoms with van der Waals surface area (Å²) in [6.07, 6.45) is 0. The number of carbonyl (C=O) groups is 1. The zero-order valence-corrected chi connectivity index (χ0v) is 14.9. The Labute approximate surface area is 151 Å². The zero-order chi connectivity index (χ0) is 17.8. The van der Waals surface area contributed by atoms with Gasteiger partial charge in [0.25, 0.3) is 5.91 Å². The van der Waals surface area contributed by atoms with Crippen LogP contribution in [0.4, 0.5) is 5.69 Å². The van der Waals surface area contributed by atoms with E-state index in [0.29, 0.717) is 10.6 Å². The average molecular weight is 349 g/mol. The van der Waals surface area contributed by atoms with Gasteiger partial charge in [0.15, 0.2) is 0 Å². The molecule has 0 bridgehead atoms. The largest absolute Gasteiger partial charge is 0.399 e. The molecular weight excluding hydrogens is 330 g/mol. The van der Waals surface area contributed by atoms with Gasteiger partial charge in [-0.15, -0.1) is 11.3 Å². The molecule has 0 unspecified atom stereocenters. The van der Waals surface area contributed by atoms with E-state index >= 15 is 0 Å². The Bertz CT molecular complexity index is 909. The predicted molar refractivity (Wildman–Crippen MR) is 105 cm³/mol. The Hall–Kier alpha value is -2.92. The summed E-state index contributed by atoms with van der Waals surface area (Å²) < 4.78 is 0. The lowest BCUT2D eigenvalue weighted by Gasteiger charge is -2.05. The summed E-state index contributed by atoms with van der Waals surface area (Å²) in [4.78, 5) is 13.2. The Morgan fingerprint density at radius 3 is 2.40 bits per heavy atom. The van der Waals surface area contributed by atoms with E-state index in [2.05, 4.69) is 10.5 Å². The first-order valence-electron chi connectivity index (χ1n) is 7.89. The first kappa shape index (κ1) is 16.9. The van der Waals surface area contributed by atoms with Crippen LogP contribution < -0.4 is 11.2 Å². The summed E-state index contributed by atoms with van der Waals surface area (Å²) in [5.74, 6) is -0.208. The van der Waals surface area contributed by atoms with Crippen LogP contribution in [-0.2, 0) is 0 Å². The summed E-state index contributed by atoms with van der Waals surface area (Å²) in [7, 11) is 0. The Balaban J connectivity index is 1.78. The number of thiophene rings is 1. The number of hydrazone groups is 1. The van der Waals surface area contributed by atoms with E-state index < -0.39 is 0 Å². The molecule has 1 aromatic heterocycles. The SMILES string of the molecule is C/C(=N/NC(=O)c1sccc1-c1ccc(C)cc1)c1ccc(N)cc1. The number of benzene rings is 2. The molecule has 0 aliphatic carbocycles. The lowest BCUT2D eigenvalue weighted by atomic mass is 10.1. The first-order valence-corrected chi connectivity index (χ1v) is 8.77. The van der Waals surface area contributed by atoms with Gasteiger partial charge in [0, 0.05) is 11.3 Å². The second-order valence-electron chi connectivity index (χ2n) is 5.79. The van der Waals surface area contributed by atoms with Crippen LogP contribution in [0.5, 0.6) is 0 Å². The van der Waals surface area contributed by atoms with Gasteiger partial charge in [-0.2, -0.15) is 5.10 Å². The summed E-state index contributed by atoms with van der Waals surface area (Å²) in [5, 5.41) is 6.13. The molecule has 0 fully saturated rings. The van der Waals surface area contributed by atoms with Crippen molar-refractivity contribution in [1.29, 1.82) is 0 Å². The maximum Gasteiger partial charge on any atom is 0.282 e. The second kappa shape index (κ2) is 7.32. The van der Waals surface area contributed by atoms with Crippen molar-refractivity contribution in [3.05, 3.63) is 76.0 Å². The molecule has 0 aliphatic heterocycles. The molecule has 0 aliphatic rings. The van der Waals surface area contributed by atoms with Crippen molar-refractivity contribution >= 4 is 28.6 Å². The zero-order valence-electron chi connectivity index (χ0n) is 14.1. The second-order valence-corrected chi connectivity index (χ2v) is 6.71. The van der Waals surface area contributed by atoms with E-state index in [0.717, 1.165) is 22.4 Å². The number of carbonyl (C=O) groups excluding carboxylic acids is 1. The number of hydrogen-bond donors (Lipinski definition) is 2. The van der Waals surface area contributed by atoms with Crippen LogP contribution in [0.3, 0.4) is 0 Å². The molecule has 0 saturated carbocycles. The van der Waals surface area contributed by atoms with Gasteiger partial charge in [-0.25, -0.2) is 5.43 Å². The Morgan fingerprint density at radius 1 is 1.04 bits per heavy atom. The number of nitrogens with one attached hydrogen (secondary N) is 1. The highest BCUT2D eigenvalue weighted by Gasteiger charge is 2.14. The number of nitrogens with two attached hydrogens (primary N) is 1. The minimum Gasteiger partial charge on any atom is -0.399 e. The molecule has 0 radical (unpaired) electrons. The van der Waals surface area contributed by atoms with Gasteiger partial charge >= 0.3 is 0 Å². The third-order valence-corrected chi connectivity index (χ3v) is 4.80. The quantitative estimate of drug-likeness (QED) is 0.415. The molecule has 0 saturated heterocycles. The van der Waals surface area contributed by atoms with E-state index in [1.54, 1.807) is 0 Å². The van der Waals surface area contributed by atoms with Crippen LogP contribution in [0, 0.1) is 6.92 Å². The van der Waals surface area contributed by atoms with Crippen molar-refractivity contribution in [3.63, 3.8) is 0 Å². The molecule has 3 N–H and O–H groups in total. The minimum atomic E-state index is -0.208. The number of nitrogen functional groups attached to an aromatic ring is 1. The van der Waals surface area contributed by atoms with Crippen LogP contribution in [0.2, 0.25) is 0 Å². The van der Waals surface area contributed by atoms with E-state index in [9.17, 15) is 4.79 Å². The molecule has 1 amide bonds. The van der Waals surface area contributed by atoms with E-state index in [-0.39, 0.29) is 5.91 Å². The lowest BCUT2D eigenvalue weighted by molar-refractivity contribution is 0.0959. The molecule has 4 nitrogen and oxygen atoms in total. The molecule has 3 rings (SSSR count). The molecule has 3 aromatic rings. The highest BCUT2D eigenvalue weighted by molar-refractivity contribution is 7.12. The maximum absolute atomic E-state index is 12.5. The molecule has 5 heteroatoms. The molecule has 1 heterocycles. The smallest absolute Gasteiger partial charge is 0.282 e. The van der Waals surface area contributed by atoms with Gasteiger partial charge in [0.2, 0.25) is 0 Å². The van der Waals surface area contributed by atoms with Crippen LogP contribution in [0.1, 0.15) is 27.7 Å². The fourth-order valence-corrected chi connectivity index (χ4v) is 3.23. The minimum absolute atomic E-state index is 0.208. The van der Waals surface area contributed by atoms with Crippen LogP contribution in [-0.4, -0.2) is 11.6 Å². The molecular formula is C20H19N3OS. The van der Waals surface area contributed by atoms with E-state index in [1.165, 1.54) is 16.9 Å². The molecule has 0 spiro atoms. The first-order chi connectivity index (χ1) is 12.0. The summed E-state index contributed by atoms with van der Waals surface area (Å²) in [5.41, 5.74) is 13.8. The van der Waals surface area contributed by atoms with Crippen molar-refractivity contribution in [2.24, 2.45) is 5.10 Å². The highest BCUT2D eigenvalue weighted by Crippen LogP contribution is 2.28. The molecule has 0 atom stereocenters. The molecule has 25 heavy (non-hydrogen) atoms. The fraction of sp³-hybridized carbons (Fsp3) is 0.100. The van der Waals surface area contributed by atoms with Gasteiger partial charge in [0.1, 0.15) is 4.88 Å². The standard InChI is InChI=1S/C20H19N3OS/c1-13-3-5-16(6-4-13)18-11-12-25-19(18)20(24)23-22-14(2)15-7-9-17(21)10-8-15/h3-12H,21H2,1-2H3,(H,23,24)/b22-14-. The molecule has 126 valence electrons. The van der Waals surface area contributed by atoms with Gasteiger partial charge < -0.3 is 5.73 Å². The third-order valence-electron chi connectivity index (χ3n) is 3.89. The maximum atomic E-state index is 12.5.